The Balaban J connectivity index is 2.10. The summed E-state index contributed by atoms with van der Waals surface area (Å²) in [4.78, 5) is 4.73. The van der Waals surface area contributed by atoms with E-state index in [1.165, 1.54) is 0 Å². The Bertz CT molecular complexity index is 874. The third-order valence-electron chi connectivity index (χ3n) is 3.63. The van der Waals surface area contributed by atoms with Crippen molar-refractivity contribution >= 4 is 17.2 Å². The van der Waals surface area contributed by atoms with Crippen molar-refractivity contribution in [2.45, 2.75) is 33.1 Å². The highest BCUT2D eigenvalue weighted by atomic mass is 16.5. The van der Waals surface area contributed by atoms with Gasteiger partial charge in [-0.1, -0.05) is 39.0 Å². The lowest BCUT2D eigenvalue weighted by Crippen LogP contribution is -2.11. The zero-order valence-corrected chi connectivity index (χ0v) is 14.5. The van der Waals surface area contributed by atoms with Crippen LogP contribution in [0.2, 0.25) is 0 Å². The third-order valence-corrected chi connectivity index (χ3v) is 3.63. The lowest BCUT2D eigenvalue weighted by molar-refractivity contribution is 0.341. The van der Waals surface area contributed by atoms with Crippen LogP contribution in [-0.2, 0) is 5.41 Å². The van der Waals surface area contributed by atoms with E-state index in [4.69, 9.17) is 9.72 Å². The van der Waals surface area contributed by atoms with E-state index in [0.29, 0.717) is 12.3 Å². The predicted octanol–water partition coefficient (Wildman–Crippen LogP) is 5.45. The van der Waals surface area contributed by atoms with Gasteiger partial charge in [0, 0.05) is 11.6 Å². The van der Waals surface area contributed by atoms with E-state index in [1.807, 2.05) is 60.0 Å². The maximum absolute atomic E-state index is 5.62. The molecule has 5 nitrogen and oxygen atoms in total. The Hall–Kier alpha value is -2.69. The fourth-order valence-electron chi connectivity index (χ4n) is 2.50. The Labute approximate surface area is 142 Å². The summed E-state index contributed by atoms with van der Waals surface area (Å²) < 4.78 is 7.58. The summed E-state index contributed by atoms with van der Waals surface area (Å²) >= 11 is 0. The van der Waals surface area contributed by atoms with Crippen molar-refractivity contribution in [1.29, 1.82) is 0 Å². The minimum absolute atomic E-state index is 0.125. The fourth-order valence-corrected chi connectivity index (χ4v) is 2.50. The first-order valence-corrected chi connectivity index (χ1v) is 8.12. The van der Waals surface area contributed by atoms with Gasteiger partial charge in [0.1, 0.15) is 17.1 Å². The van der Waals surface area contributed by atoms with Gasteiger partial charge in [0.15, 0.2) is 5.82 Å². The molecule has 5 heteroatoms. The number of aromatic nitrogens is 2. The molecule has 0 N–H and O–H groups in total. The van der Waals surface area contributed by atoms with Crippen LogP contribution in [0, 0.1) is 0 Å². The first-order valence-electron chi connectivity index (χ1n) is 8.12. The second-order valence-electron chi connectivity index (χ2n) is 6.56. The van der Waals surface area contributed by atoms with Crippen LogP contribution in [0.25, 0.3) is 5.65 Å². The van der Waals surface area contributed by atoms with Crippen LogP contribution >= 0.6 is 0 Å². The van der Waals surface area contributed by atoms with E-state index in [9.17, 15) is 0 Å². The van der Waals surface area contributed by atoms with E-state index >= 15 is 0 Å². The number of hydrogen-bond acceptors (Lipinski definition) is 4. The molecule has 124 valence electrons. The summed E-state index contributed by atoms with van der Waals surface area (Å²) in [5.41, 5.74) is 2.38. The monoisotopic (exact) mass is 322 g/mol. The Morgan fingerprint density at radius 3 is 2.54 bits per heavy atom. The van der Waals surface area contributed by atoms with E-state index in [-0.39, 0.29) is 5.41 Å². The minimum Gasteiger partial charge on any atom is -0.492 e. The maximum Gasteiger partial charge on any atom is 0.183 e. The van der Waals surface area contributed by atoms with Crippen LogP contribution < -0.4 is 4.74 Å². The second-order valence-corrected chi connectivity index (χ2v) is 6.56. The van der Waals surface area contributed by atoms with E-state index in [0.717, 1.165) is 22.9 Å². The molecular formula is C19H22N4O. The lowest BCUT2D eigenvalue weighted by atomic mass is 9.92. The molecule has 2 aromatic heterocycles. The molecule has 0 amide bonds. The van der Waals surface area contributed by atoms with Gasteiger partial charge in [-0.3, -0.25) is 4.40 Å². The average molecular weight is 322 g/mol. The van der Waals surface area contributed by atoms with Crippen molar-refractivity contribution in [3.8, 4) is 5.75 Å². The summed E-state index contributed by atoms with van der Waals surface area (Å²) in [5.74, 6) is 1.49. The van der Waals surface area contributed by atoms with E-state index < -0.39 is 0 Å². The number of nitrogens with zero attached hydrogens (tertiary/aromatic N) is 4. The summed E-state index contributed by atoms with van der Waals surface area (Å²) in [6.07, 6.45) is 1.96. The van der Waals surface area contributed by atoms with Gasteiger partial charge in [-0.2, -0.15) is 0 Å². The molecule has 3 rings (SSSR count). The first kappa shape index (κ1) is 16.2. The molecule has 0 aliphatic heterocycles. The second kappa shape index (κ2) is 6.43. The molecule has 3 aromatic rings. The molecule has 0 atom stereocenters. The standard InChI is InChI=1S/C19H22N4O/c1-5-24-15-11-7-6-10-14(15)21-22-18-17(19(2,3)4)20-16-12-8-9-13-23(16)18/h6-13H,5H2,1-4H3. The molecular weight excluding hydrogens is 300 g/mol. The zero-order valence-electron chi connectivity index (χ0n) is 14.5. The van der Waals surface area contributed by atoms with E-state index in [1.54, 1.807) is 0 Å². The largest absolute Gasteiger partial charge is 0.492 e. The highest BCUT2D eigenvalue weighted by molar-refractivity contribution is 5.55. The fraction of sp³-hybridized carbons (Fsp3) is 0.316. The SMILES string of the molecule is CCOc1ccccc1N=Nc1c(C(C)(C)C)nc2ccccn12. The maximum atomic E-state index is 5.62. The van der Waals surface area contributed by atoms with Crippen LogP contribution in [0.5, 0.6) is 5.75 Å². The molecule has 0 fully saturated rings. The van der Waals surface area contributed by atoms with Crippen molar-refractivity contribution in [2.75, 3.05) is 6.61 Å². The number of pyridine rings is 1. The Kier molecular flexibility index (Phi) is 4.34. The number of benzene rings is 1. The number of rotatable bonds is 4. The molecule has 0 saturated heterocycles. The normalized spacial score (nSPS) is 12.2. The predicted molar refractivity (Wildman–Crippen MR) is 95.7 cm³/mol. The molecule has 2 heterocycles. The van der Waals surface area contributed by atoms with Crippen LogP contribution in [0.1, 0.15) is 33.4 Å². The van der Waals surface area contributed by atoms with Crippen LogP contribution in [0.3, 0.4) is 0 Å². The Morgan fingerprint density at radius 1 is 1.04 bits per heavy atom. The van der Waals surface area contributed by atoms with Crippen molar-refractivity contribution in [3.63, 3.8) is 0 Å². The molecule has 0 saturated carbocycles. The highest BCUT2D eigenvalue weighted by Crippen LogP contribution is 2.34. The van der Waals surface area contributed by atoms with E-state index in [2.05, 4.69) is 31.0 Å². The number of fused-ring (bicyclic) bond motifs is 1. The van der Waals surface area contributed by atoms with Gasteiger partial charge < -0.3 is 4.74 Å². The minimum atomic E-state index is -0.125. The number of hydrogen-bond donors (Lipinski definition) is 0. The van der Waals surface area contributed by atoms with Gasteiger partial charge in [0.05, 0.1) is 12.3 Å². The van der Waals surface area contributed by atoms with Gasteiger partial charge in [0.2, 0.25) is 0 Å². The van der Waals surface area contributed by atoms with Crippen molar-refractivity contribution < 1.29 is 4.74 Å². The van der Waals surface area contributed by atoms with Crippen LogP contribution in [-0.4, -0.2) is 16.0 Å². The molecule has 1 aromatic carbocycles. The van der Waals surface area contributed by atoms with Crippen molar-refractivity contribution in [1.82, 2.24) is 9.38 Å². The number of imidazole rings is 1. The summed E-state index contributed by atoms with van der Waals surface area (Å²) in [7, 11) is 0. The zero-order chi connectivity index (χ0) is 17.2. The van der Waals surface area contributed by atoms with Gasteiger partial charge in [0.25, 0.3) is 0 Å². The van der Waals surface area contributed by atoms with Gasteiger partial charge in [-0.25, -0.2) is 4.98 Å². The summed E-state index contributed by atoms with van der Waals surface area (Å²) in [5, 5.41) is 8.95. The molecule has 0 aliphatic carbocycles. The molecule has 0 bridgehead atoms. The van der Waals surface area contributed by atoms with Gasteiger partial charge >= 0.3 is 0 Å². The molecule has 24 heavy (non-hydrogen) atoms. The van der Waals surface area contributed by atoms with Crippen molar-refractivity contribution in [3.05, 3.63) is 54.4 Å². The summed E-state index contributed by atoms with van der Waals surface area (Å²) in [6.45, 7) is 8.93. The van der Waals surface area contributed by atoms with Gasteiger partial charge in [-0.05, 0) is 31.2 Å². The summed E-state index contributed by atoms with van der Waals surface area (Å²) in [6, 6.07) is 13.6. The highest BCUT2D eigenvalue weighted by Gasteiger charge is 2.24. The van der Waals surface area contributed by atoms with Gasteiger partial charge in [-0.15, -0.1) is 10.2 Å². The lowest BCUT2D eigenvalue weighted by Gasteiger charge is -2.15. The number of para-hydroxylation sites is 1. The van der Waals surface area contributed by atoms with Crippen molar-refractivity contribution in [2.24, 2.45) is 10.2 Å². The van der Waals surface area contributed by atoms with Crippen LogP contribution in [0.15, 0.2) is 58.9 Å². The quantitative estimate of drug-likeness (QED) is 0.600. The molecule has 0 aliphatic rings. The number of azo groups is 1. The van der Waals surface area contributed by atoms with Crippen LogP contribution in [0.4, 0.5) is 11.5 Å². The topological polar surface area (TPSA) is 51.2 Å². The average Bonchev–Trinajstić information content (AvgIpc) is 2.93. The molecule has 0 unspecified atom stereocenters. The molecule has 0 spiro atoms. The Morgan fingerprint density at radius 2 is 1.79 bits per heavy atom. The molecule has 0 radical (unpaired) electrons. The first-order chi connectivity index (χ1) is 11.5. The number of ether oxygens (including phenoxy) is 1. The third kappa shape index (κ3) is 3.15. The smallest absolute Gasteiger partial charge is 0.183 e.